The second-order valence-electron chi connectivity index (χ2n) is 4.69. The van der Waals surface area contributed by atoms with Crippen molar-refractivity contribution in [3.63, 3.8) is 0 Å². The van der Waals surface area contributed by atoms with Crippen molar-refractivity contribution in [3.05, 3.63) is 22.8 Å². The van der Waals surface area contributed by atoms with Crippen LogP contribution in [0, 0.1) is 5.92 Å². The van der Waals surface area contributed by atoms with E-state index in [1.807, 2.05) is 12.1 Å². The Balaban J connectivity index is 2.08. The zero-order chi connectivity index (χ0) is 12.3. The zero-order valence-corrected chi connectivity index (χ0v) is 11.1. The summed E-state index contributed by atoms with van der Waals surface area (Å²) in [5, 5.41) is 0.667. The Labute approximate surface area is 108 Å². The lowest BCUT2D eigenvalue weighted by Gasteiger charge is -2.18. The van der Waals surface area contributed by atoms with E-state index in [1.165, 1.54) is 19.3 Å². The molecule has 0 bridgehead atoms. The molecule has 2 heterocycles. The van der Waals surface area contributed by atoms with E-state index in [4.69, 9.17) is 17.3 Å². The highest BCUT2D eigenvalue weighted by molar-refractivity contribution is 6.31. The summed E-state index contributed by atoms with van der Waals surface area (Å²) in [6, 6.07) is 3.90. The van der Waals surface area contributed by atoms with Gasteiger partial charge in [-0.05, 0) is 30.9 Å². The predicted molar refractivity (Wildman–Crippen MR) is 72.4 cm³/mol. The van der Waals surface area contributed by atoms with Gasteiger partial charge in [0.2, 0.25) is 0 Å². The van der Waals surface area contributed by atoms with Gasteiger partial charge in [0.25, 0.3) is 0 Å². The molecule has 0 aliphatic carbocycles. The van der Waals surface area contributed by atoms with Crippen LogP contribution in [0.2, 0.25) is 5.02 Å². The van der Waals surface area contributed by atoms with Crippen molar-refractivity contribution < 1.29 is 0 Å². The summed E-state index contributed by atoms with van der Waals surface area (Å²) in [5.74, 6) is 1.84. The minimum Gasteiger partial charge on any atom is -0.356 e. The quantitative estimate of drug-likeness (QED) is 0.897. The zero-order valence-electron chi connectivity index (χ0n) is 10.3. The Morgan fingerprint density at radius 3 is 3.06 bits per heavy atom. The van der Waals surface area contributed by atoms with Crippen LogP contribution in [0.15, 0.2) is 12.1 Å². The molecule has 0 aromatic carbocycles. The number of rotatable bonds is 4. The molecule has 1 aliphatic rings. The first-order valence-corrected chi connectivity index (χ1v) is 6.72. The molecule has 0 spiro atoms. The van der Waals surface area contributed by atoms with Gasteiger partial charge >= 0.3 is 0 Å². The van der Waals surface area contributed by atoms with Crippen molar-refractivity contribution in [3.8, 4) is 0 Å². The molecule has 4 heteroatoms. The number of aromatic nitrogens is 1. The predicted octanol–water partition coefficient (Wildman–Crippen LogP) is 2.82. The molecule has 2 N–H and O–H groups in total. The van der Waals surface area contributed by atoms with E-state index in [-0.39, 0.29) is 0 Å². The number of hydrogen-bond donors (Lipinski definition) is 1. The molecule has 0 saturated carbocycles. The molecule has 1 aliphatic heterocycles. The van der Waals surface area contributed by atoms with Crippen LogP contribution in [-0.4, -0.2) is 18.1 Å². The molecule has 1 aromatic heterocycles. The van der Waals surface area contributed by atoms with Crippen LogP contribution >= 0.6 is 11.6 Å². The highest BCUT2D eigenvalue weighted by atomic mass is 35.5. The molecule has 2 rings (SSSR count). The highest BCUT2D eigenvalue weighted by Gasteiger charge is 2.22. The van der Waals surface area contributed by atoms with E-state index >= 15 is 0 Å². The normalized spacial score (nSPS) is 19.9. The summed E-state index contributed by atoms with van der Waals surface area (Å²) in [6.07, 6.45) is 3.85. The molecule has 1 atom stereocenters. The minimum atomic E-state index is 0.402. The second-order valence-corrected chi connectivity index (χ2v) is 5.10. The van der Waals surface area contributed by atoms with E-state index in [1.54, 1.807) is 0 Å². The lowest BCUT2D eigenvalue weighted by atomic mass is 10.0. The topological polar surface area (TPSA) is 42.1 Å². The van der Waals surface area contributed by atoms with Gasteiger partial charge in [-0.3, -0.25) is 0 Å². The Bertz CT molecular complexity index is 381. The van der Waals surface area contributed by atoms with Crippen LogP contribution in [0.25, 0.3) is 0 Å². The van der Waals surface area contributed by atoms with Gasteiger partial charge in [-0.25, -0.2) is 4.98 Å². The molecule has 17 heavy (non-hydrogen) atoms. The van der Waals surface area contributed by atoms with Crippen molar-refractivity contribution in [2.75, 3.05) is 18.0 Å². The molecule has 1 fully saturated rings. The molecular formula is C13H20ClN3. The first kappa shape index (κ1) is 12.7. The van der Waals surface area contributed by atoms with E-state index in [9.17, 15) is 0 Å². The number of hydrogen-bond acceptors (Lipinski definition) is 3. The smallest absolute Gasteiger partial charge is 0.128 e. The Hall–Kier alpha value is -0.800. The fourth-order valence-corrected chi connectivity index (χ4v) is 2.66. The fourth-order valence-electron chi connectivity index (χ4n) is 2.48. The van der Waals surface area contributed by atoms with Gasteiger partial charge in [0.15, 0.2) is 0 Å². The highest BCUT2D eigenvalue weighted by Crippen LogP contribution is 2.26. The number of pyridine rings is 1. The number of nitrogens with zero attached hydrogens (tertiary/aromatic N) is 2. The molecule has 0 radical (unpaired) electrons. The minimum absolute atomic E-state index is 0.402. The van der Waals surface area contributed by atoms with Gasteiger partial charge in [-0.2, -0.15) is 0 Å². The van der Waals surface area contributed by atoms with Crippen molar-refractivity contribution >= 4 is 17.4 Å². The van der Waals surface area contributed by atoms with Gasteiger partial charge < -0.3 is 10.6 Å². The molecular weight excluding hydrogens is 234 g/mol. The van der Waals surface area contributed by atoms with Crippen molar-refractivity contribution in [1.82, 2.24) is 4.98 Å². The summed E-state index contributed by atoms with van der Waals surface area (Å²) in [7, 11) is 0. The second kappa shape index (κ2) is 5.69. The summed E-state index contributed by atoms with van der Waals surface area (Å²) in [6.45, 7) is 4.87. The van der Waals surface area contributed by atoms with Crippen molar-refractivity contribution in [2.24, 2.45) is 11.7 Å². The van der Waals surface area contributed by atoms with E-state index in [0.29, 0.717) is 11.6 Å². The Kier molecular flexibility index (Phi) is 4.24. The van der Waals surface area contributed by atoms with E-state index in [2.05, 4.69) is 16.8 Å². The summed E-state index contributed by atoms with van der Waals surface area (Å²) < 4.78 is 0. The lowest BCUT2D eigenvalue weighted by molar-refractivity contribution is 0.529. The van der Waals surface area contributed by atoms with Crippen LogP contribution in [-0.2, 0) is 6.54 Å². The van der Waals surface area contributed by atoms with E-state index < -0.39 is 0 Å². The molecule has 1 aromatic rings. The third-order valence-corrected chi connectivity index (χ3v) is 3.75. The van der Waals surface area contributed by atoms with Gasteiger partial charge in [0.05, 0.1) is 10.7 Å². The number of anilines is 1. The van der Waals surface area contributed by atoms with Crippen LogP contribution in [0.4, 0.5) is 5.82 Å². The maximum Gasteiger partial charge on any atom is 0.128 e. The fraction of sp³-hybridized carbons (Fsp3) is 0.615. The van der Waals surface area contributed by atoms with Gasteiger partial charge in [-0.1, -0.05) is 24.9 Å². The molecule has 94 valence electrons. The van der Waals surface area contributed by atoms with Crippen LogP contribution in [0.1, 0.15) is 31.9 Å². The third kappa shape index (κ3) is 2.90. The average molecular weight is 254 g/mol. The SMILES string of the molecule is CCCC1CCN(c2ccc(Cl)c(CN)n2)C1. The Morgan fingerprint density at radius 1 is 1.53 bits per heavy atom. The monoisotopic (exact) mass is 253 g/mol. The molecule has 0 amide bonds. The van der Waals surface area contributed by atoms with E-state index in [0.717, 1.165) is 30.5 Å². The summed E-state index contributed by atoms with van der Waals surface area (Å²) in [5.41, 5.74) is 6.42. The standard InChI is InChI=1S/C13H20ClN3/c1-2-3-10-6-7-17(9-10)13-5-4-11(14)12(8-15)16-13/h4-5,10H,2-3,6-9,15H2,1H3. The van der Waals surface area contributed by atoms with Crippen molar-refractivity contribution in [1.29, 1.82) is 0 Å². The average Bonchev–Trinajstić information content (AvgIpc) is 2.79. The van der Waals surface area contributed by atoms with Crippen LogP contribution < -0.4 is 10.6 Å². The number of nitrogens with two attached hydrogens (primary N) is 1. The maximum absolute atomic E-state index is 6.02. The molecule has 3 nitrogen and oxygen atoms in total. The third-order valence-electron chi connectivity index (χ3n) is 3.40. The first-order chi connectivity index (χ1) is 8.24. The maximum atomic E-state index is 6.02. The van der Waals surface area contributed by atoms with Gasteiger partial charge in [-0.15, -0.1) is 0 Å². The Morgan fingerprint density at radius 2 is 2.35 bits per heavy atom. The lowest BCUT2D eigenvalue weighted by Crippen LogP contribution is -2.21. The largest absolute Gasteiger partial charge is 0.356 e. The first-order valence-electron chi connectivity index (χ1n) is 6.35. The summed E-state index contributed by atoms with van der Waals surface area (Å²) >= 11 is 6.02. The molecule has 1 saturated heterocycles. The van der Waals surface area contributed by atoms with Crippen LogP contribution in [0.3, 0.4) is 0 Å². The van der Waals surface area contributed by atoms with Gasteiger partial charge in [0, 0.05) is 19.6 Å². The van der Waals surface area contributed by atoms with Crippen molar-refractivity contribution in [2.45, 2.75) is 32.7 Å². The molecule has 1 unspecified atom stereocenters. The van der Waals surface area contributed by atoms with Crippen LogP contribution in [0.5, 0.6) is 0 Å². The summed E-state index contributed by atoms with van der Waals surface area (Å²) in [4.78, 5) is 6.88. The van der Waals surface area contributed by atoms with Gasteiger partial charge in [0.1, 0.15) is 5.82 Å². The number of halogens is 1.